The Hall–Kier alpha value is -0.870. The molecule has 1 heterocycles. The topological polar surface area (TPSA) is 38.5 Å². The van der Waals surface area contributed by atoms with Gasteiger partial charge in [0.15, 0.2) is 0 Å². The van der Waals surface area contributed by atoms with Crippen molar-refractivity contribution >= 4 is 17.4 Å². The standard InChI is InChI=1S/C14H22N2OS/c1-10-9-16(7-8-18-10)12-5-4-6-13(17-3)14(12)11(2)15/h4-6,10-11H,7-9,15H2,1-3H3/t10?,11-/m1/s1. The molecule has 1 unspecified atom stereocenters. The number of thioether (sulfide) groups is 1. The summed E-state index contributed by atoms with van der Waals surface area (Å²) < 4.78 is 5.45. The van der Waals surface area contributed by atoms with E-state index < -0.39 is 0 Å². The van der Waals surface area contributed by atoms with E-state index in [0.717, 1.165) is 24.4 Å². The molecule has 3 nitrogen and oxygen atoms in total. The van der Waals surface area contributed by atoms with Gasteiger partial charge in [-0.05, 0) is 19.1 Å². The van der Waals surface area contributed by atoms with Gasteiger partial charge in [0.2, 0.25) is 0 Å². The molecule has 1 aliphatic rings. The minimum Gasteiger partial charge on any atom is -0.496 e. The smallest absolute Gasteiger partial charge is 0.125 e. The Labute approximate surface area is 114 Å². The number of hydrogen-bond acceptors (Lipinski definition) is 4. The molecule has 1 aromatic carbocycles. The van der Waals surface area contributed by atoms with Crippen molar-refractivity contribution in [3.63, 3.8) is 0 Å². The van der Waals surface area contributed by atoms with E-state index in [-0.39, 0.29) is 6.04 Å². The third kappa shape index (κ3) is 2.75. The monoisotopic (exact) mass is 266 g/mol. The molecular weight excluding hydrogens is 244 g/mol. The van der Waals surface area contributed by atoms with Gasteiger partial charge in [-0.3, -0.25) is 0 Å². The van der Waals surface area contributed by atoms with Gasteiger partial charge >= 0.3 is 0 Å². The van der Waals surface area contributed by atoms with E-state index in [2.05, 4.69) is 17.9 Å². The predicted molar refractivity (Wildman–Crippen MR) is 79.7 cm³/mol. The van der Waals surface area contributed by atoms with E-state index in [0.29, 0.717) is 5.25 Å². The van der Waals surface area contributed by atoms with Gasteiger partial charge in [0, 0.05) is 41.4 Å². The quantitative estimate of drug-likeness (QED) is 0.913. The van der Waals surface area contributed by atoms with E-state index in [4.69, 9.17) is 10.5 Å². The fourth-order valence-electron chi connectivity index (χ4n) is 2.48. The molecular formula is C14H22N2OS. The Bertz CT molecular complexity index is 409. The fourth-order valence-corrected chi connectivity index (χ4v) is 3.49. The first-order valence-corrected chi connectivity index (χ1v) is 7.47. The van der Waals surface area contributed by atoms with Crippen LogP contribution in [0.3, 0.4) is 0 Å². The van der Waals surface area contributed by atoms with Crippen LogP contribution in [0.1, 0.15) is 25.5 Å². The molecule has 0 radical (unpaired) electrons. The maximum atomic E-state index is 6.12. The van der Waals surface area contributed by atoms with Crippen LogP contribution in [0.4, 0.5) is 5.69 Å². The van der Waals surface area contributed by atoms with Gasteiger partial charge in [0.1, 0.15) is 5.75 Å². The summed E-state index contributed by atoms with van der Waals surface area (Å²) in [6.07, 6.45) is 0. The first-order chi connectivity index (χ1) is 8.63. The zero-order valence-electron chi connectivity index (χ0n) is 11.3. The maximum absolute atomic E-state index is 6.12. The molecule has 0 aliphatic carbocycles. The molecule has 0 aromatic heterocycles. The number of nitrogens with two attached hydrogens (primary N) is 1. The van der Waals surface area contributed by atoms with Crippen molar-refractivity contribution in [2.24, 2.45) is 5.73 Å². The number of benzene rings is 1. The van der Waals surface area contributed by atoms with Gasteiger partial charge in [-0.1, -0.05) is 13.0 Å². The van der Waals surface area contributed by atoms with Crippen molar-refractivity contribution < 1.29 is 4.74 Å². The summed E-state index contributed by atoms with van der Waals surface area (Å²) >= 11 is 2.04. The Kier molecular flexibility index (Phi) is 4.40. The van der Waals surface area contributed by atoms with Crippen molar-refractivity contribution in [1.29, 1.82) is 0 Å². The zero-order valence-corrected chi connectivity index (χ0v) is 12.2. The summed E-state index contributed by atoms with van der Waals surface area (Å²) in [4.78, 5) is 2.43. The molecule has 2 rings (SSSR count). The number of nitrogens with zero attached hydrogens (tertiary/aromatic N) is 1. The van der Waals surface area contributed by atoms with Gasteiger partial charge in [-0.2, -0.15) is 11.8 Å². The zero-order chi connectivity index (χ0) is 13.1. The van der Waals surface area contributed by atoms with E-state index >= 15 is 0 Å². The minimum atomic E-state index is -0.0129. The van der Waals surface area contributed by atoms with Crippen molar-refractivity contribution in [2.75, 3.05) is 30.9 Å². The molecule has 4 heteroatoms. The molecule has 2 N–H and O–H groups in total. The van der Waals surface area contributed by atoms with Crippen LogP contribution in [0.15, 0.2) is 18.2 Å². The van der Waals surface area contributed by atoms with Gasteiger partial charge in [0.05, 0.1) is 7.11 Å². The second-order valence-electron chi connectivity index (χ2n) is 4.81. The number of anilines is 1. The lowest BCUT2D eigenvalue weighted by Crippen LogP contribution is -2.37. The summed E-state index contributed by atoms with van der Waals surface area (Å²) in [7, 11) is 1.71. The van der Waals surface area contributed by atoms with Crippen LogP contribution < -0.4 is 15.4 Å². The highest BCUT2D eigenvalue weighted by molar-refractivity contribution is 8.00. The van der Waals surface area contributed by atoms with Crippen molar-refractivity contribution in [3.8, 4) is 5.75 Å². The van der Waals surface area contributed by atoms with Crippen LogP contribution in [-0.2, 0) is 0 Å². The van der Waals surface area contributed by atoms with Gasteiger partial charge < -0.3 is 15.4 Å². The minimum absolute atomic E-state index is 0.0129. The average Bonchev–Trinajstić information content (AvgIpc) is 2.37. The highest BCUT2D eigenvalue weighted by atomic mass is 32.2. The molecule has 100 valence electrons. The summed E-state index contributed by atoms with van der Waals surface area (Å²) in [6.45, 7) is 6.46. The van der Waals surface area contributed by atoms with Gasteiger partial charge in [0.25, 0.3) is 0 Å². The lowest BCUT2D eigenvalue weighted by atomic mass is 10.0. The molecule has 0 bridgehead atoms. The Morgan fingerprint density at radius 2 is 2.28 bits per heavy atom. The molecule has 1 fully saturated rings. The SMILES string of the molecule is COc1cccc(N2CCSC(C)C2)c1[C@@H](C)N. The summed E-state index contributed by atoms with van der Waals surface area (Å²) in [5.74, 6) is 2.07. The second kappa shape index (κ2) is 5.85. The van der Waals surface area contributed by atoms with Gasteiger partial charge in [-0.25, -0.2) is 0 Å². The van der Waals surface area contributed by atoms with Crippen molar-refractivity contribution in [1.82, 2.24) is 0 Å². The average molecular weight is 266 g/mol. The maximum Gasteiger partial charge on any atom is 0.125 e. The van der Waals surface area contributed by atoms with Crippen LogP contribution in [-0.4, -0.2) is 31.2 Å². The Morgan fingerprint density at radius 1 is 1.50 bits per heavy atom. The van der Waals surface area contributed by atoms with Crippen LogP contribution in [0.2, 0.25) is 0 Å². The third-order valence-corrected chi connectivity index (χ3v) is 4.44. The molecule has 1 saturated heterocycles. The molecule has 0 spiro atoms. The third-order valence-electron chi connectivity index (χ3n) is 3.30. The molecule has 1 aliphatic heterocycles. The first-order valence-electron chi connectivity index (χ1n) is 6.42. The summed E-state index contributed by atoms with van der Waals surface area (Å²) in [5, 5.41) is 0.672. The number of ether oxygens (including phenoxy) is 1. The van der Waals surface area contributed by atoms with Crippen molar-refractivity contribution in [2.45, 2.75) is 25.1 Å². The van der Waals surface area contributed by atoms with Crippen LogP contribution >= 0.6 is 11.8 Å². The molecule has 0 saturated carbocycles. The van der Waals surface area contributed by atoms with Crippen LogP contribution in [0, 0.1) is 0 Å². The van der Waals surface area contributed by atoms with E-state index in [1.807, 2.05) is 30.8 Å². The molecule has 0 amide bonds. The van der Waals surface area contributed by atoms with E-state index in [1.54, 1.807) is 7.11 Å². The number of methoxy groups -OCH3 is 1. The molecule has 1 aromatic rings. The van der Waals surface area contributed by atoms with Crippen LogP contribution in [0.5, 0.6) is 5.75 Å². The highest BCUT2D eigenvalue weighted by Crippen LogP contribution is 2.35. The largest absolute Gasteiger partial charge is 0.496 e. The number of hydrogen-bond donors (Lipinski definition) is 1. The number of rotatable bonds is 3. The van der Waals surface area contributed by atoms with Gasteiger partial charge in [-0.15, -0.1) is 0 Å². The summed E-state index contributed by atoms with van der Waals surface area (Å²) in [6, 6.07) is 6.18. The fraction of sp³-hybridized carbons (Fsp3) is 0.571. The molecule has 2 atom stereocenters. The van der Waals surface area contributed by atoms with E-state index in [1.165, 1.54) is 11.4 Å². The van der Waals surface area contributed by atoms with Crippen LogP contribution in [0.25, 0.3) is 0 Å². The lowest BCUT2D eigenvalue weighted by molar-refractivity contribution is 0.407. The second-order valence-corrected chi connectivity index (χ2v) is 6.36. The normalized spacial score (nSPS) is 21.8. The molecule has 18 heavy (non-hydrogen) atoms. The predicted octanol–water partition coefficient (Wildman–Crippen LogP) is 2.66. The Balaban J connectivity index is 2.36. The summed E-state index contributed by atoms with van der Waals surface area (Å²) in [5.41, 5.74) is 8.48. The lowest BCUT2D eigenvalue weighted by Gasteiger charge is -2.34. The Morgan fingerprint density at radius 3 is 2.89 bits per heavy atom. The van der Waals surface area contributed by atoms with E-state index in [9.17, 15) is 0 Å². The highest BCUT2D eigenvalue weighted by Gasteiger charge is 2.22. The first kappa shape index (κ1) is 13.6. The van der Waals surface area contributed by atoms with Crippen molar-refractivity contribution in [3.05, 3.63) is 23.8 Å².